The van der Waals surface area contributed by atoms with E-state index in [0.29, 0.717) is 17.1 Å². The summed E-state index contributed by atoms with van der Waals surface area (Å²) in [7, 11) is 0. The van der Waals surface area contributed by atoms with Crippen LogP contribution < -0.4 is 9.88 Å². The lowest BCUT2D eigenvalue weighted by atomic mass is 9.93. The fourth-order valence-electron chi connectivity index (χ4n) is 3.28. The van der Waals surface area contributed by atoms with E-state index in [2.05, 4.69) is 11.4 Å². The lowest BCUT2D eigenvalue weighted by Crippen LogP contribution is -2.51. The van der Waals surface area contributed by atoms with Crippen molar-refractivity contribution in [2.75, 3.05) is 6.54 Å². The maximum absolute atomic E-state index is 13.2. The van der Waals surface area contributed by atoms with E-state index in [9.17, 15) is 9.18 Å². The molecule has 1 heterocycles. The highest BCUT2D eigenvalue weighted by atomic mass is 32.1. The first-order chi connectivity index (χ1) is 12.1. The maximum atomic E-state index is 13.2. The number of hydrogen-bond donors (Lipinski definition) is 1. The molecule has 0 fully saturated rings. The van der Waals surface area contributed by atoms with Crippen LogP contribution in [0.1, 0.15) is 47.3 Å². The molecule has 1 atom stereocenters. The van der Waals surface area contributed by atoms with E-state index in [0.717, 1.165) is 12.8 Å². The van der Waals surface area contributed by atoms with Gasteiger partial charge >= 0.3 is 0 Å². The minimum absolute atomic E-state index is 0.133. The quantitative estimate of drug-likeness (QED) is 0.506. The molecule has 0 aliphatic heterocycles. The fraction of sp³-hybridized carbons (Fsp3) is 0.350. The van der Waals surface area contributed by atoms with Gasteiger partial charge in [0, 0.05) is 23.7 Å². The van der Waals surface area contributed by atoms with Crippen LogP contribution in [0.5, 0.6) is 0 Å². The Hall–Kier alpha value is -2.14. The van der Waals surface area contributed by atoms with E-state index in [-0.39, 0.29) is 11.6 Å². The first-order valence-electron chi connectivity index (χ1n) is 8.70. The highest BCUT2D eigenvalue weighted by Gasteiger charge is 2.33. The predicted molar refractivity (Wildman–Crippen MR) is 99.3 cm³/mol. The highest BCUT2D eigenvalue weighted by molar-refractivity contribution is 7.80. The number of nitrogens with one attached hydrogen (secondary N) is 1. The number of rotatable bonds is 5. The number of nitrogens with zero attached hydrogens (tertiary/aromatic N) is 1. The number of Topliss-reactive ketones (excluding diaryl/α,β-unsaturated/α-hetero) is 1. The smallest absolute Gasteiger partial charge is 0.270 e. The third-order valence-corrected chi connectivity index (χ3v) is 4.95. The van der Waals surface area contributed by atoms with Gasteiger partial charge < -0.3 is 5.32 Å². The average molecular weight is 357 g/mol. The maximum Gasteiger partial charge on any atom is 0.270 e. The van der Waals surface area contributed by atoms with E-state index < -0.39 is 6.04 Å². The SMILES string of the molecule is CCNC(=S)C(C(=O)c1ccc(F)cc1)[n+]1ccc2c(c1)CCCC2. The number of halogens is 1. The Balaban J connectivity index is 1.98. The molecule has 0 bridgehead atoms. The molecule has 1 N–H and O–H groups in total. The van der Waals surface area contributed by atoms with Crippen LogP contribution in [0.3, 0.4) is 0 Å². The third-order valence-electron chi connectivity index (χ3n) is 4.58. The zero-order valence-corrected chi connectivity index (χ0v) is 15.1. The lowest BCUT2D eigenvalue weighted by molar-refractivity contribution is -0.692. The first kappa shape index (κ1) is 17.7. The van der Waals surface area contributed by atoms with Crippen LogP contribution in [0.2, 0.25) is 0 Å². The van der Waals surface area contributed by atoms with Gasteiger partial charge in [-0.2, -0.15) is 4.57 Å². The minimum Gasteiger partial charge on any atom is -0.374 e. The first-order valence-corrected chi connectivity index (χ1v) is 9.11. The van der Waals surface area contributed by atoms with Gasteiger partial charge in [0.05, 0.1) is 0 Å². The van der Waals surface area contributed by atoms with Crippen molar-refractivity contribution >= 4 is 23.0 Å². The minimum atomic E-state index is -0.618. The number of hydrogen-bond acceptors (Lipinski definition) is 2. The van der Waals surface area contributed by atoms with Crippen molar-refractivity contribution in [1.29, 1.82) is 0 Å². The Morgan fingerprint density at radius 1 is 1.20 bits per heavy atom. The standard InChI is InChI=1S/C20H21FN2OS/c1-2-22-20(25)18(19(24)15-7-9-17(21)10-8-15)23-12-11-14-5-3-4-6-16(14)13-23/h7-13,18H,2-6H2,1H3/p+1. The largest absolute Gasteiger partial charge is 0.374 e. The van der Waals surface area contributed by atoms with Crippen molar-refractivity contribution in [1.82, 2.24) is 5.32 Å². The number of carbonyl (C=O) groups is 1. The molecular formula is C20H22FN2OS+. The molecule has 0 saturated heterocycles. The van der Waals surface area contributed by atoms with Gasteiger partial charge in [-0.3, -0.25) is 4.79 Å². The molecule has 5 heteroatoms. The summed E-state index contributed by atoms with van der Waals surface area (Å²) in [5, 5.41) is 3.10. The van der Waals surface area contributed by atoms with Gasteiger partial charge in [-0.15, -0.1) is 0 Å². The van der Waals surface area contributed by atoms with Crippen LogP contribution in [0.15, 0.2) is 42.7 Å². The number of benzene rings is 1. The summed E-state index contributed by atoms with van der Waals surface area (Å²) in [6.45, 7) is 2.60. The number of aromatic nitrogens is 1. The fourth-order valence-corrected chi connectivity index (χ4v) is 3.66. The molecule has 0 amide bonds. The van der Waals surface area contributed by atoms with Crippen molar-refractivity contribution in [3.8, 4) is 0 Å². The molecule has 130 valence electrons. The number of pyridine rings is 1. The summed E-state index contributed by atoms with van der Waals surface area (Å²) in [6, 6.07) is 7.10. The molecule has 2 aromatic rings. The van der Waals surface area contributed by atoms with Gasteiger partial charge in [0.2, 0.25) is 5.78 Å². The van der Waals surface area contributed by atoms with E-state index in [1.54, 1.807) is 0 Å². The second-order valence-electron chi connectivity index (χ2n) is 6.32. The number of fused-ring (bicyclic) bond motifs is 1. The number of aryl methyl sites for hydroxylation is 2. The second-order valence-corrected chi connectivity index (χ2v) is 6.76. The molecule has 1 aliphatic carbocycles. The Bertz CT molecular complexity index is 789. The van der Waals surface area contributed by atoms with E-state index in [1.807, 2.05) is 23.9 Å². The molecule has 25 heavy (non-hydrogen) atoms. The molecule has 1 aromatic carbocycles. The molecular weight excluding hydrogens is 335 g/mol. The zero-order valence-electron chi connectivity index (χ0n) is 14.3. The van der Waals surface area contributed by atoms with Crippen molar-refractivity contribution in [3.63, 3.8) is 0 Å². The molecule has 3 nitrogen and oxygen atoms in total. The van der Waals surface area contributed by atoms with Crippen LogP contribution in [0.4, 0.5) is 4.39 Å². The summed E-state index contributed by atoms with van der Waals surface area (Å²) in [4.78, 5) is 13.6. The van der Waals surface area contributed by atoms with Gasteiger partial charge in [-0.05, 0) is 62.4 Å². The molecule has 1 unspecified atom stereocenters. The van der Waals surface area contributed by atoms with Crippen LogP contribution in [0, 0.1) is 5.82 Å². The van der Waals surface area contributed by atoms with E-state index in [4.69, 9.17) is 12.2 Å². The van der Waals surface area contributed by atoms with Crippen LogP contribution in [0.25, 0.3) is 0 Å². The third kappa shape index (κ3) is 3.93. The molecule has 3 rings (SSSR count). The van der Waals surface area contributed by atoms with Crippen LogP contribution in [-0.2, 0) is 12.8 Å². The second kappa shape index (κ2) is 7.83. The number of ketones is 1. The van der Waals surface area contributed by atoms with Crippen molar-refractivity contribution in [3.05, 3.63) is 65.2 Å². The molecule has 1 aliphatic rings. The number of carbonyl (C=O) groups excluding carboxylic acids is 1. The Morgan fingerprint density at radius 2 is 1.88 bits per heavy atom. The monoisotopic (exact) mass is 357 g/mol. The molecule has 1 aromatic heterocycles. The number of thiocarbonyl (C=S) groups is 1. The van der Waals surface area contributed by atoms with Gasteiger partial charge in [-0.25, -0.2) is 4.39 Å². The van der Waals surface area contributed by atoms with Gasteiger partial charge in [0.15, 0.2) is 17.4 Å². The highest BCUT2D eigenvalue weighted by Crippen LogP contribution is 2.20. The van der Waals surface area contributed by atoms with Gasteiger partial charge in [0.1, 0.15) is 5.82 Å². The van der Waals surface area contributed by atoms with E-state index >= 15 is 0 Å². The molecule has 0 spiro atoms. The lowest BCUT2D eigenvalue weighted by Gasteiger charge is -2.17. The zero-order chi connectivity index (χ0) is 17.8. The van der Waals surface area contributed by atoms with Gasteiger partial charge in [-0.1, -0.05) is 12.2 Å². The average Bonchev–Trinajstić information content (AvgIpc) is 2.62. The Labute approximate surface area is 152 Å². The van der Waals surface area contributed by atoms with Gasteiger partial charge in [0.25, 0.3) is 6.04 Å². The summed E-state index contributed by atoms with van der Waals surface area (Å²) < 4.78 is 15.1. The summed E-state index contributed by atoms with van der Waals surface area (Å²) >= 11 is 5.49. The Kier molecular flexibility index (Phi) is 5.53. The summed E-state index contributed by atoms with van der Waals surface area (Å²) in [5.41, 5.74) is 3.09. The normalized spacial score (nSPS) is 14.5. The predicted octanol–water partition coefficient (Wildman–Crippen LogP) is 3.35. The van der Waals surface area contributed by atoms with Crippen LogP contribution >= 0.6 is 12.2 Å². The molecule has 0 radical (unpaired) electrons. The van der Waals surface area contributed by atoms with E-state index in [1.165, 1.54) is 48.2 Å². The van der Waals surface area contributed by atoms with Crippen molar-refractivity contribution in [2.45, 2.75) is 38.6 Å². The van der Waals surface area contributed by atoms with Crippen molar-refractivity contribution in [2.24, 2.45) is 0 Å². The summed E-state index contributed by atoms with van der Waals surface area (Å²) in [6.07, 6.45) is 8.48. The van der Waals surface area contributed by atoms with Crippen molar-refractivity contribution < 1.29 is 13.8 Å². The summed E-state index contributed by atoms with van der Waals surface area (Å²) in [5.74, 6) is -0.490. The van der Waals surface area contributed by atoms with Crippen LogP contribution in [-0.4, -0.2) is 17.3 Å². The number of likely N-dealkylation sites (N-methyl/N-ethyl adjacent to an activating group) is 1. The molecule has 0 saturated carbocycles. The Morgan fingerprint density at radius 3 is 2.56 bits per heavy atom. The topological polar surface area (TPSA) is 33.0 Å².